The third-order valence-electron chi connectivity index (χ3n) is 3.90. The Bertz CT molecular complexity index is 1010. The van der Waals surface area contributed by atoms with Crippen molar-refractivity contribution in [3.8, 4) is 11.8 Å². The minimum atomic E-state index is -0.302. The van der Waals surface area contributed by atoms with Gasteiger partial charge in [0.25, 0.3) is 0 Å². The van der Waals surface area contributed by atoms with Gasteiger partial charge in [-0.3, -0.25) is 4.57 Å². The van der Waals surface area contributed by atoms with Gasteiger partial charge in [-0.1, -0.05) is 24.3 Å². The highest BCUT2D eigenvalue weighted by Crippen LogP contribution is 2.20. The lowest BCUT2D eigenvalue weighted by Gasteiger charge is -2.08. The van der Waals surface area contributed by atoms with Crippen LogP contribution in [0.25, 0.3) is 11.2 Å². The van der Waals surface area contributed by atoms with Crippen LogP contribution in [0, 0.1) is 0 Å². The Balaban J connectivity index is 1.85. The van der Waals surface area contributed by atoms with E-state index in [1.807, 2.05) is 36.4 Å². The van der Waals surface area contributed by atoms with Gasteiger partial charge in [0.1, 0.15) is 17.9 Å². The van der Waals surface area contributed by atoms with Crippen LogP contribution in [0.2, 0.25) is 0 Å². The number of anilines is 1. The number of aromatic nitrogens is 4. The molecule has 0 saturated carbocycles. The molecule has 0 amide bonds. The van der Waals surface area contributed by atoms with Crippen molar-refractivity contribution in [2.45, 2.75) is 13.0 Å². The van der Waals surface area contributed by atoms with Crippen LogP contribution in [0.4, 0.5) is 5.82 Å². The summed E-state index contributed by atoms with van der Waals surface area (Å²) < 4.78 is 12.8. The zero-order valence-corrected chi connectivity index (χ0v) is 13.4. The van der Waals surface area contributed by atoms with Crippen LogP contribution in [-0.4, -0.2) is 32.7 Å². The van der Waals surface area contributed by atoms with Crippen LogP contribution in [0.3, 0.4) is 0 Å². The van der Waals surface area contributed by atoms with Crippen LogP contribution in [0.15, 0.2) is 41.2 Å². The molecule has 3 aromatic rings. The highest BCUT2D eigenvalue weighted by atomic mass is 16.5. The van der Waals surface area contributed by atoms with Crippen LogP contribution < -0.4 is 20.9 Å². The van der Waals surface area contributed by atoms with Crippen molar-refractivity contribution in [3.05, 3.63) is 52.5 Å². The number of hydrogen-bond donors (Lipinski definition) is 2. The van der Waals surface area contributed by atoms with Gasteiger partial charge < -0.3 is 20.2 Å². The maximum absolute atomic E-state index is 12.3. The molecule has 8 heteroatoms. The second kappa shape index (κ2) is 6.31. The van der Waals surface area contributed by atoms with Crippen molar-refractivity contribution in [2.24, 2.45) is 0 Å². The average molecular weight is 339 g/mol. The molecule has 1 aromatic carbocycles. The summed E-state index contributed by atoms with van der Waals surface area (Å²) in [5.41, 5.74) is 7.39. The molecule has 0 spiro atoms. The summed E-state index contributed by atoms with van der Waals surface area (Å²) in [6, 6.07) is 7.78. The molecule has 0 saturated heterocycles. The third-order valence-corrected chi connectivity index (χ3v) is 3.90. The van der Waals surface area contributed by atoms with Crippen molar-refractivity contribution in [1.29, 1.82) is 0 Å². The van der Waals surface area contributed by atoms with Crippen molar-refractivity contribution in [3.63, 3.8) is 0 Å². The summed E-state index contributed by atoms with van der Waals surface area (Å²) in [7, 11) is 0. The normalized spacial score (nSPS) is 14.6. The van der Waals surface area contributed by atoms with Crippen LogP contribution in [0.1, 0.15) is 12.0 Å². The largest absolute Gasteiger partial charge is 0.493 e. The topological polar surface area (TPSA) is 108 Å². The summed E-state index contributed by atoms with van der Waals surface area (Å²) in [4.78, 5) is 23.5. The third kappa shape index (κ3) is 3.06. The lowest BCUT2D eigenvalue weighted by atomic mass is 10.2. The van der Waals surface area contributed by atoms with E-state index in [9.17, 15) is 4.79 Å². The Labute approximate surface area is 142 Å². The molecular formula is C17H17N5O3. The zero-order chi connectivity index (χ0) is 17.2. The number of rotatable bonds is 0. The van der Waals surface area contributed by atoms with Crippen molar-refractivity contribution in [1.82, 2.24) is 19.5 Å². The minimum absolute atomic E-state index is 0.141. The number of nitrogens with one attached hydrogen (secondary N) is 1. The van der Waals surface area contributed by atoms with Gasteiger partial charge in [-0.15, -0.1) is 0 Å². The first-order valence-corrected chi connectivity index (χ1v) is 7.96. The Morgan fingerprint density at radius 3 is 3.04 bits per heavy atom. The Morgan fingerprint density at radius 1 is 1.20 bits per heavy atom. The molecule has 4 bridgehead atoms. The molecule has 0 atom stereocenters. The molecule has 8 nitrogen and oxygen atoms in total. The maximum atomic E-state index is 12.3. The second-order valence-electron chi connectivity index (χ2n) is 5.67. The molecule has 4 rings (SSSR count). The number of H-pyrrole nitrogens is 1. The Morgan fingerprint density at radius 2 is 2.12 bits per heavy atom. The molecule has 0 unspecified atom stereocenters. The number of nitrogens with two attached hydrogens (primary N) is 1. The van der Waals surface area contributed by atoms with Crippen molar-refractivity contribution in [2.75, 3.05) is 18.9 Å². The number of ether oxygens (including phenoxy) is 2. The second-order valence-corrected chi connectivity index (χ2v) is 5.67. The monoisotopic (exact) mass is 339 g/mol. The van der Waals surface area contributed by atoms with E-state index in [0.717, 1.165) is 17.7 Å². The first kappa shape index (κ1) is 15.3. The Kier molecular flexibility index (Phi) is 3.85. The van der Waals surface area contributed by atoms with E-state index < -0.39 is 0 Å². The summed E-state index contributed by atoms with van der Waals surface area (Å²) in [6.45, 7) is 1.21. The van der Waals surface area contributed by atoms with Crippen LogP contribution >= 0.6 is 0 Å². The van der Waals surface area contributed by atoms with E-state index in [4.69, 9.17) is 15.2 Å². The fraction of sp³-hybridized carbons (Fsp3) is 0.235. The van der Waals surface area contributed by atoms with E-state index in [1.54, 1.807) is 0 Å². The van der Waals surface area contributed by atoms with Gasteiger partial charge >= 0.3 is 11.7 Å². The van der Waals surface area contributed by atoms with E-state index >= 15 is 0 Å². The first-order valence-electron chi connectivity index (χ1n) is 7.96. The van der Waals surface area contributed by atoms with E-state index in [1.165, 1.54) is 4.57 Å². The molecule has 2 aromatic heterocycles. The number of nitrogen functional groups attached to an aromatic ring is 1. The van der Waals surface area contributed by atoms with E-state index in [-0.39, 0.29) is 17.5 Å². The molecule has 0 aliphatic carbocycles. The predicted molar refractivity (Wildman–Crippen MR) is 92.9 cm³/mol. The first-order chi connectivity index (χ1) is 12.2. The average Bonchev–Trinajstić information content (AvgIpc) is 2.90. The SMILES string of the molecule is Nc1nc2nc3c1[nH]c(=O)n3Cc1cccc(c1)OCCC=CCO2. The van der Waals surface area contributed by atoms with Gasteiger partial charge in [0.2, 0.25) is 0 Å². The number of aromatic amines is 1. The molecule has 3 heterocycles. The molecule has 1 aliphatic heterocycles. The summed E-state index contributed by atoms with van der Waals surface area (Å²) in [5.74, 6) is 0.945. The van der Waals surface area contributed by atoms with Crippen LogP contribution in [-0.2, 0) is 6.54 Å². The molecule has 0 radical (unpaired) electrons. The number of imidazole rings is 1. The quantitative estimate of drug-likeness (QED) is 0.601. The highest BCUT2D eigenvalue weighted by molar-refractivity contribution is 5.81. The number of benzene rings is 1. The fourth-order valence-electron chi connectivity index (χ4n) is 2.71. The van der Waals surface area contributed by atoms with E-state index in [0.29, 0.717) is 30.9 Å². The smallest absolute Gasteiger partial charge is 0.328 e. The maximum Gasteiger partial charge on any atom is 0.328 e. The number of hydrogen-bond acceptors (Lipinski definition) is 6. The van der Waals surface area contributed by atoms with Crippen molar-refractivity contribution >= 4 is 17.0 Å². The van der Waals surface area contributed by atoms with Crippen molar-refractivity contribution < 1.29 is 9.47 Å². The molecule has 0 fully saturated rings. The number of fused-ring (bicyclic) bond motifs is 3. The molecule has 3 N–H and O–H groups in total. The van der Waals surface area contributed by atoms with Gasteiger partial charge in [-0.25, -0.2) is 4.79 Å². The molecule has 25 heavy (non-hydrogen) atoms. The lowest BCUT2D eigenvalue weighted by Crippen LogP contribution is -2.17. The lowest BCUT2D eigenvalue weighted by molar-refractivity contribution is 0.321. The molecule has 128 valence electrons. The van der Waals surface area contributed by atoms with Gasteiger partial charge in [-0.05, 0) is 24.1 Å². The number of nitrogens with zero attached hydrogens (tertiary/aromatic N) is 3. The Hall–Kier alpha value is -3.29. The predicted octanol–water partition coefficient (Wildman–Crippen LogP) is 1.47. The minimum Gasteiger partial charge on any atom is -0.493 e. The summed E-state index contributed by atoms with van der Waals surface area (Å²) >= 11 is 0. The fourth-order valence-corrected chi connectivity index (χ4v) is 2.71. The standard InChI is InChI=1S/C17H17N5O3/c18-14-13-15-21-16(20-14)25-8-3-1-2-7-24-12-6-4-5-11(9-12)10-22(15)17(23)19-13/h1,3-6,9H,2,7-8,10H2,(H,19,23)(H2,18,20,21). The van der Waals surface area contributed by atoms with Gasteiger partial charge in [0.15, 0.2) is 11.5 Å². The van der Waals surface area contributed by atoms with Gasteiger partial charge in [-0.2, -0.15) is 9.97 Å². The van der Waals surface area contributed by atoms with Gasteiger partial charge in [0, 0.05) is 0 Å². The summed E-state index contributed by atoms with van der Waals surface area (Å²) in [6.07, 6.45) is 4.60. The molecular weight excluding hydrogens is 322 g/mol. The summed E-state index contributed by atoms with van der Waals surface area (Å²) in [5, 5.41) is 0. The highest BCUT2D eigenvalue weighted by Gasteiger charge is 2.15. The van der Waals surface area contributed by atoms with Crippen LogP contribution in [0.5, 0.6) is 11.8 Å². The zero-order valence-electron chi connectivity index (χ0n) is 13.4. The molecule has 1 aliphatic rings. The van der Waals surface area contributed by atoms with E-state index in [2.05, 4.69) is 15.0 Å². The van der Waals surface area contributed by atoms with Gasteiger partial charge in [0.05, 0.1) is 13.2 Å².